The third-order valence-electron chi connectivity index (χ3n) is 9.28. The molecule has 0 aromatic heterocycles. The zero-order chi connectivity index (χ0) is 22.8. The number of fused-ring (bicyclic) bond motifs is 5. The highest BCUT2D eigenvalue weighted by Gasteiger charge is 2.62. The summed E-state index contributed by atoms with van der Waals surface area (Å²) >= 11 is 4.31. The summed E-state index contributed by atoms with van der Waals surface area (Å²) in [5.74, 6) is 0.754. The van der Waals surface area contributed by atoms with E-state index in [4.69, 9.17) is 4.55 Å². The van der Waals surface area contributed by atoms with E-state index in [2.05, 4.69) is 22.3 Å². The van der Waals surface area contributed by atoms with Gasteiger partial charge in [0.25, 0.3) is 9.05 Å². The maximum atomic E-state index is 13.4. The van der Waals surface area contributed by atoms with Crippen molar-refractivity contribution in [1.82, 2.24) is 0 Å². The van der Waals surface area contributed by atoms with Crippen molar-refractivity contribution < 1.29 is 36.0 Å². The summed E-state index contributed by atoms with van der Waals surface area (Å²) in [6.07, 6.45) is 0.258. The number of Topliss-reactive ketones (excluding diaryl/α,β-unsaturated/α-hetero) is 1. The minimum atomic E-state index is -4.58. The number of aliphatic hydroxyl groups is 1. The molecule has 2 N–H and O–H groups in total. The summed E-state index contributed by atoms with van der Waals surface area (Å²) in [6.45, 7) is 1.67. The zero-order valence-corrected chi connectivity index (χ0v) is 19.2. The van der Waals surface area contributed by atoms with Crippen LogP contribution in [-0.4, -0.2) is 38.0 Å². The van der Waals surface area contributed by atoms with Gasteiger partial charge in [-0.2, -0.15) is 17.4 Å². The smallest absolute Gasteiger partial charge is 0.380 e. The number of carbonyl (C=O) groups is 1. The highest BCUT2D eigenvalue weighted by atomic mass is 32.9. The van der Waals surface area contributed by atoms with Crippen LogP contribution in [0.25, 0.3) is 0 Å². The quantitative estimate of drug-likeness (QED) is 0.620. The van der Waals surface area contributed by atoms with Gasteiger partial charge in [0.05, 0.1) is 0 Å². The van der Waals surface area contributed by atoms with Gasteiger partial charge in [0.1, 0.15) is 6.61 Å². The Kier molecular flexibility index (Phi) is 6.07. The Hall–Kier alpha value is -0.290. The molecule has 0 radical (unpaired) electrons. The number of alkyl halides is 3. The van der Waals surface area contributed by atoms with Gasteiger partial charge in [-0.05, 0) is 92.8 Å². The molecular formula is C21H31F3O5S2. The molecule has 5 nitrogen and oxygen atoms in total. The van der Waals surface area contributed by atoms with Crippen LogP contribution < -0.4 is 0 Å². The molecule has 0 aromatic rings. The topological polar surface area (TPSA) is 83.8 Å². The molecule has 0 saturated heterocycles. The van der Waals surface area contributed by atoms with E-state index in [1.54, 1.807) is 0 Å². The summed E-state index contributed by atoms with van der Waals surface area (Å²) in [4.78, 5) is 12.8. The van der Waals surface area contributed by atoms with Crippen LogP contribution in [0.1, 0.15) is 64.7 Å². The number of rotatable bonds is 4. The molecule has 4 aliphatic rings. The monoisotopic (exact) mass is 484 g/mol. The van der Waals surface area contributed by atoms with Gasteiger partial charge in [0.2, 0.25) is 0 Å². The normalized spacial score (nSPS) is 47.0. The van der Waals surface area contributed by atoms with Crippen LogP contribution in [-0.2, 0) is 29.2 Å². The molecule has 0 amide bonds. The number of carbonyl (C=O) groups excluding carboxylic acids is 1. The molecule has 4 unspecified atom stereocenters. The van der Waals surface area contributed by atoms with Crippen molar-refractivity contribution in [2.24, 2.45) is 40.9 Å². The molecule has 0 bridgehead atoms. The molecule has 0 spiro atoms. The molecule has 4 rings (SSSR count). The number of ketones is 1. The lowest BCUT2D eigenvalue weighted by Gasteiger charge is -2.57. The van der Waals surface area contributed by atoms with Crippen molar-refractivity contribution in [3.05, 3.63) is 0 Å². The summed E-state index contributed by atoms with van der Waals surface area (Å²) in [7, 11) is -3.84. The molecule has 0 aromatic carbocycles. The van der Waals surface area contributed by atoms with Crippen LogP contribution in [0, 0.1) is 40.9 Å². The average Bonchev–Trinajstić information content (AvgIpc) is 3.01. The van der Waals surface area contributed by atoms with E-state index in [1.165, 1.54) is 0 Å². The first-order valence-corrected chi connectivity index (χ1v) is 13.6. The van der Waals surface area contributed by atoms with Gasteiger partial charge in [-0.25, -0.2) is 0 Å². The molecule has 178 valence electrons. The third-order valence-corrected chi connectivity index (χ3v) is 9.98. The maximum Gasteiger partial charge on any atom is 0.417 e. The van der Waals surface area contributed by atoms with Crippen LogP contribution in [0.2, 0.25) is 0 Å². The first-order chi connectivity index (χ1) is 14.3. The second-order valence-corrected chi connectivity index (χ2v) is 12.9. The van der Waals surface area contributed by atoms with Gasteiger partial charge < -0.3 is 5.11 Å². The van der Waals surface area contributed by atoms with E-state index in [-0.39, 0.29) is 41.8 Å². The van der Waals surface area contributed by atoms with Crippen LogP contribution in [0.3, 0.4) is 0 Å². The molecule has 4 aliphatic carbocycles. The fourth-order valence-corrected chi connectivity index (χ4v) is 8.31. The van der Waals surface area contributed by atoms with Crippen molar-refractivity contribution in [1.29, 1.82) is 0 Å². The lowest BCUT2D eigenvalue weighted by molar-refractivity contribution is -0.282. The summed E-state index contributed by atoms with van der Waals surface area (Å²) < 4.78 is 65.1. The number of halogens is 3. The van der Waals surface area contributed by atoms with E-state index < -0.39 is 27.4 Å². The molecule has 10 heteroatoms. The SMILES string of the molecule is C[C@]12CCC3C(CC[C@@H]4C[C@@](O)(C(F)(F)F)CC[C@H]34)C1CC[C@@H]2C(=O)COS(=O)(O)=S. The molecule has 31 heavy (non-hydrogen) atoms. The first-order valence-electron chi connectivity index (χ1n) is 11.2. The Labute approximate surface area is 186 Å². The number of hydrogen-bond acceptors (Lipinski definition) is 5. The Morgan fingerprint density at radius 1 is 1.10 bits per heavy atom. The van der Waals surface area contributed by atoms with Crippen LogP contribution in [0.15, 0.2) is 0 Å². The zero-order valence-electron chi connectivity index (χ0n) is 17.6. The van der Waals surface area contributed by atoms with E-state index in [1.807, 2.05) is 0 Å². The maximum absolute atomic E-state index is 13.4. The summed E-state index contributed by atoms with van der Waals surface area (Å²) in [5.41, 5.74) is -2.77. The second kappa shape index (κ2) is 7.89. The molecule has 4 fully saturated rings. The van der Waals surface area contributed by atoms with Crippen molar-refractivity contribution in [2.75, 3.05) is 6.61 Å². The highest BCUT2D eigenvalue weighted by molar-refractivity contribution is 8.27. The largest absolute Gasteiger partial charge is 0.417 e. The standard InChI is InChI=1S/C21H31F3O5S2/c1-19-8-6-14-13-7-9-20(26,21(22,23)24)10-12(13)2-3-15(14)16(19)4-5-17(19)18(25)11-29-31(27,28)30/h12-17,26H,2-11H2,1H3,(H,27,28,30)/t12-,13+,14?,15?,16?,17-,19+,20-/m1/s1. The lowest BCUT2D eigenvalue weighted by atomic mass is 9.49. The van der Waals surface area contributed by atoms with Crippen molar-refractivity contribution in [2.45, 2.75) is 76.5 Å². The Bertz CT molecular complexity index is 831. The van der Waals surface area contributed by atoms with E-state index in [0.29, 0.717) is 37.0 Å². The Balaban J connectivity index is 1.46. The fourth-order valence-electron chi connectivity index (χ4n) is 7.90. The van der Waals surface area contributed by atoms with Crippen molar-refractivity contribution >= 4 is 26.0 Å². The first kappa shape index (κ1) is 23.9. The minimum absolute atomic E-state index is 0.0945. The highest BCUT2D eigenvalue weighted by Crippen LogP contribution is 2.65. The average molecular weight is 485 g/mol. The van der Waals surface area contributed by atoms with Crippen LogP contribution in [0.4, 0.5) is 13.2 Å². The van der Waals surface area contributed by atoms with Gasteiger partial charge in [0, 0.05) is 17.1 Å². The molecule has 9 atom stereocenters. The van der Waals surface area contributed by atoms with Crippen molar-refractivity contribution in [3.63, 3.8) is 0 Å². The summed E-state index contributed by atoms with van der Waals surface area (Å²) in [5, 5.41) is 10.2. The van der Waals surface area contributed by atoms with Gasteiger partial charge in [-0.3, -0.25) is 13.5 Å². The van der Waals surface area contributed by atoms with E-state index in [0.717, 1.165) is 25.7 Å². The van der Waals surface area contributed by atoms with Gasteiger partial charge >= 0.3 is 6.18 Å². The molecular weight excluding hydrogens is 453 g/mol. The minimum Gasteiger partial charge on any atom is -0.380 e. The molecule has 0 aliphatic heterocycles. The Morgan fingerprint density at radius 3 is 2.42 bits per heavy atom. The van der Waals surface area contributed by atoms with Crippen molar-refractivity contribution in [3.8, 4) is 0 Å². The van der Waals surface area contributed by atoms with E-state index in [9.17, 15) is 27.3 Å². The van der Waals surface area contributed by atoms with Gasteiger partial charge in [-0.1, -0.05) is 6.92 Å². The van der Waals surface area contributed by atoms with E-state index >= 15 is 0 Å². The van der Waals surface area contributed by atoms with Gasteiger partial charge in [0.15, 0.2) is 11.4 Å². The summed E-state index contributed by atoms with van der Waals surface area (Å²) in [6, 6.07) is 0. The predicted molar refractivity (Wildman–Crippen MR) is 111 cm³/mol. The van der Waals surface area contributed by atoms with Gasteiger partial charge in [-0.15, -0.1) is 0 Å². The third kappa shape index (κ3) is 4.20. The molecule has 4 saturated carbocycles. The predicted octanol–water partition coefficient (Wildman–Crippen LogP) is 4.27. The lowest BCUT2D eigenvalue weighted by Crippen LogP contribution is -2.55. The van der Waals surface area contributed by atoms with Crippen LogP contribution >= 0.6 is 0 Å². The molecule has 0 heterocycles. The fraction of sp³-hybridized carbons (Fsp3) is 0.952. The Morgan fingerprint density at radius 2 is 1.77 bits per heavy atom. The van der Waals surface area contributed by atoms with Crippen LogP contribution in [0.5, 0.6) is 0 Å². The second-order valence-electron chi connectivity index (χ2n) is 10.5. The number of hydrogen-bond donors (Lipinski definition) is 2.